The number of nitrogens with zero attached hydrogens (tertiary/aromatic N) is 3. The van der Waals surface area contributed by atoms with Crippen LogP contribution in [0.5, 0.6) is 0 Å². The van der Waals surface area contributed by atoms with Crippen LogP contribution in [0.25, 0.3) is 0 Å². The monoisotopic (exact) mass is 263 g/mol. The fourth-order valence-corrected chi connectivity index (χ4v) is 3.50. The van der Waals surface area contributed by atoms with Gasteiger partial charge in [-0.15, -0.1) is 0 Å². The number of hydrogen-bond acceptors (Lipinski definition) is 4. The molecule has 1 aliphatic carbocycles. The molecule has 19 heavy (non-hydrogen) atoms. The molecule has 0 radical (unpaired) electrons. The molecular formula is C14H21N3O2. The highest BCUT2D eigenvalue weighted by Gasteiger charge is 2.36. The van der Waals surface area contributed by atoms with Gasteiger partial charge in [0.1, 0.15) is 5.82 Å². The van der Waals surface area contributed by atoms with E-state index < -0.39 is 0 Å². The number of anilines is 1. The van der Waals surface area contributed by atoms with Crippen LogP contribution in [0.4, 0.5) is 5.82 Å². The number of carbonyl (C=O) groups excluding carboxylic acids is 1. The summed E-state index contributed by atoms with van der Waals surface area (Å²) in [4.78, 5) is 13.7. The Labute approximate surface area is 113 Å². The summed E-state index contributed by atoms with van der Waals surface area (Å²) in [6.45, 7) is 3.48. The SMILES string of the molecule is Cc1nn(C)c(N2CCOC3CCCCC32)c1C=O. The second kappa shape index (κ2) is 4.96. The largest absolute Gasteiger partial charge is 0.374 e. The molecule has 2 fully saturated rings. The standard InChI is InChI=1S/C14H21N3O2/c1-10-11(9-18)14(16(2)15-10)17-7-8-19-13-6-4-3-5-12(13)17/h9,12-13H,3-8H2,1-2H3. The summed E-state index contributed by atoms with van der Waals surface area (Å²) < 4.78 is 7.74. The van der Waals surface area contributed by atoms with Crippen molar-refractivity contribution >= 4 is 12.1 Å². The molecule has 1 aromatic heterocycles. The zero-order chi connectivity index (χ0) is 13.4. The van der Waals surface area contributed by atoms with Gasteiger partial charge < -0.3 is 9.64 Å². The molecule has 5 heteroatoms. The number of ether oxygens (including phenoxy) is 1. The lowest BCUT2D eigenvalue weighted by Gasteiger charge is -2.44. The highest BCUT2D eigenvalue weighted by molar-refractivity contribution is 5.85. The minimum atomic E-state index is 0.317. The number of rotatable bonds is 2. The first kappa shape index (κ1) is 12.7. The third-order valence-corrected chi connectivity index (χ3v) is 4.36. The lowest BCUT2D eigenvalue weighted by molar-refractivity contribution is -0.00927. The lowest BCUT2D eigenvalue weighted by Crippen LogP contribution is -2.53. The third kappa shape index (κ3) is 2.06. The molecular weight excluding hydrogens is 242 g/mol. The van der Waals surface area contributed by atoms with Crippen molar-refractivity contribution < 1.29 is 9.53 Å². The summed E-state index contributed by atoms with van der Waals surface area (Å²) in [6, 6.07) is 0.399. The van der Waals surface area contributed by atoms with E-state index in [2.05, 4.69) is 10.00 Å². The Balaban J connectivity index is 1.98. The van der Waals surface area contributed by atoms with Crippen LogP contribution in [0, 0.1) is 6.92 Å². The zero-order valence-electron chi connectivity index (χ0n) is 11.6. The minimum Gasteiger partial charge on any atom is -0.374 e. The van der Waals surface area contributed by atoms with E-state index in [1.54, 1.807) is 0 Å². The van der Waals surface area contributed by atoms with Gasteiger partial charge in [-0.1, -0.05) is 12.8 Å². The number of aromatic nitrogens is 2. The summed E-state index contributed by atoms with van der Waals surface area (Å²) in [7, 11) is 1.92. The van der Waals surface area contributed by atoms with Gasteiger partial charge >= 0.3 is 0 Å². The molecule has 0 aromatic carbocycles. The van der Waals surface area contributed by atoms with E-state index in [1.807, 2.05) is 18.7 Å². The van der Waals surface area contributed by atoms with Crippen molar-refractivity contribution in [2.24, 2.45) is 7.05 Å². The number of carbonyl (C=O) groups is 1. The normalized spacial score (nSPS) is 27.2. The van der Waals surface area contributed by atoms with Crippen molar-refractivity contribution in [1.82, 2.24) is 9.78 Å². The van der Waals surface area contributed by atoms with Crippen molar-refractivity contribution in [3.63, 3.8) is 0 Å². The molecule has 0 spiro atoms. The molecule has 0 N–H and O–H groups in total. The first-order chi connectivity index (χ1) is 9.22. The number of fused-ring (bicyclic) bond motifs is 1. The second-order valence-electron chi connectivity index (χ2n) is 5.52. The topological polar surface area (TPSA) is 47.4 Å². The molecule has 1 saturated carbocycles. The average Bonchev–Trinajstić information content (AvgIpc) is 2.72. The fourth-order valence-electron chi connectivity index (χ4n) is 3.50. The smallest absolute Gasteiger partial charge is 0.155 e. The number of aldehydes is 1. The average molecular weight is 263 g/mol. The predicted octanol–water partition coefficient (Wildman–Crippen LogP) is 1.69. The fraction of sp³-hybridized carbons (Fsp3) is 0.714. The van der Waals surface area contributed by atoms with Crippen LogP contribution in [0.1, 0.15) is 41.7 Å². The van der Waals surface area contributed by atoms with Crippen LogP contribution in [0.15, 0.2) is 0 Å². The van der Waals surface area contributed by atoms with E-state index in [-0.39, 0.29) is 0 Å². The van der Waals surface area contributed by atoms with E-state index in [1.165, 1.54) is 12.8 Å². The van der Waals surface area contributed by atoms with Crippen molar-refractivity contribution in [2.75, 3.05) is 18.1 Å². The maximum absolute atomic E-state index is 11.4. The Morgan fingerprint density at radius 2 is 2.16 bits per heavy atom. The van der Waals surface area contributed by atoms with Gasteiger partial charge in [0.2, 0.25) is 0 Å². The third-order valence-electron chi connectivity index (χ3n) is 4.36. The quantitative estimate of drug-likeness (QED) is 0.762. The molecule has 1 saturated heterocycles. The summed E-state index contributed by atoms with van der Waals surface area (Å²) >= 11 is 0. The zero-order valence-corrected chi connectivity index (χ0v) is 11.6. The Kier molecular flexibility index (Phi) is 3.31. The van der Waals surface area contributed by atoms with E-state index in [0.29, 0.717) is 12.1 Å². The van der Waals surface area contributed by atoms with Gasteiger partial charge in [0.15, 0.2) is 6.29 Å². The Morgan fingerprint density at radius 3 is 2.95 bits per heavy atom. The van der Waals surface area contributed by atoms with E-state index in [9.17, 15) is 4.79 Å². The van der Waals surface area contributed by atoms with Crippen LogP contribution in [0.2, 0.25) is 0 Å². The highest BCUT2D eigenvalue weighted by Crippen LogP contribution is 2.33. The van der Waals surface area contributed by atoms with Crippen molar-refractivity contribution in [2.45, 2.75) is 44.8 Å². The molecule has 104 valence electrons. The molecule has 2 heterocycles. The summed E-state index contributed by atoms with van der Waals surface area (Å²) in [6.07, 6.45) is 6.03. The van der Waals surface area contributed by atoms with Crippen LogP contribution in [-0.4, -0.2) is 41.4 Å². The van der Waals surface area contributed by atoms with Crippen molar-refractivity contribution in [3.8, 4) is 0 Å². The number of hydrogen-bond donors (Lipinski definition) is 0. The van der Waals surface area contributed by atoms with E-state index >= 15 is 0 Å². The second-order valence-corrected chi connectivity index (χ2v) is 5.52. The molecule has 1 aliphatic heterocycles. The van der Waals surface area contributed by atoms with Crippen molar-refractivity contribution in [1.29, 1.82) is 0 Å². The Bertz CT molecular complexity index is 481. The van der Waals surface area contributed by atoms with Crippen LogP contribution in [-0.2, 0) is 11.8 Å². The van der Waals surface area contributed by atoms with E-state index in [4.69, 9.17) is 4.74 Å². The van der Waals surface area contributed by atoms with Gasteiger partial charge in [0.25, 0.3) is 0 Å². The minimum absolute atomic E-state index is 0.317. The highest BCUT2D eigenvalue weighted by atomic mass is 16.5. The lowest BCUT2D eigenvalue weighted by atomic mass is 9.90. The molecule has 1 aromatic rings. The summed E-state index contributed by atoms with van der Waals surface area (Å²) in [5.41, 5.74) is 1.54. The first-order valence-electron chi connectivity index (χ1n) is 7.09. The van der Waals surface area contributed by atoms with Gasteiger partial charge in [-0.25, -0.2) is 0 Å². The Morgan fingerprint density at radius 1 is 1.37 bits per heavy atom. The maximum atomic E-state index is 11.4. The van der Waals surface area contributed by atoms with Crippen LogP contribution in [0.3, 0.4) is 0 Å². The van der Waals surface area contributed by atoms with Gasteiger partial charge in [-0.3, -0.25) is 9.48 Å². The predicted molar refractivity (Wildman–Crippen MR) is 72.7 cm³/mol. The Hall–Kier alpha value is -1.36. The number of morpholine rings is 1. The number of aryl methyl sites for hydroxylation is 2. The van der Waals surface area contributed by atoms with Gasteiger partial charge in [-0.2, -0.15) is 5.10 Å². The van der Waals surface area contributed by atoms with Crippen LogP contribution >= 0.6 is 0 Å². The van der Waals surface area contributed by atoms with Gasteiger partial charge in [-0.05, 0) is 19.8 Å². The van der Waals surface area contributed by atoms with Crippen LogP contribution < -0.4 is 4.90 Å². The first-order valence-corrected chi connectivity index (χ1v) is 7.09. The summed E-state index contributed by atoms with van der Waals surface area (Å²) in [5.74, 6) is 0.965. The maximum Gasteiger partial charge on any atom is 0.155 e. The molecule has 2 unspecified atom stereocenters. The van der Waals surface area contributed by atoms with E-state index in [0.717, 1.165) is 49.4 Å². The molecule has 2 atom stereocenters. The molecule has 0 amide bonds. The van der Waals surface area contributed by atoms with Gasteiger partial charge in [0, 0.05) is 13.6 Å². The van der Waals surface area contributed by atoms with Gasteiger partial charge in [0.05, 0.1) is 30.0 Å². The van der Waals surface area contributed by atoms with Crippen molar-refractivity contribution in [3.05, 3.63) is 11.3 Å². The molecule has 3 rings (SSSR count). The molecule has 2 aliphatic rings. The molecule has 0 bridgehead atoms. The summed E-state index contributed by atoms with van der Waals surface area (Å²) in [5, 5.41) is 4.40. The molecule has 5 nitrogen and oxygen atoms in total.